The number of amides is 1. The van der Waals surface area contributed by atoms with Crippen LogP contribution < -0.4 is 15.7 Å². The van der Waals surface area contributed by atoms with Crippen LogP contribution in [0.3, 0.4) is 0 Å². The summed E-state index contributed by atoms with van der Waals surface area (Å²) in [5.74, 6) is 0.132. The molecule has 1 N–H and O–H groups in total. The van der Waals surface area contributed by atoms with Gasteiger partial charge in [0.2, 0.25) is 0 Å². The highest BCUT2D eigenvalue weighted by atomic mass is 79.9. The summed E-state index contributed by atoms with van der Waals surface area (Å²) in [6.07, 6.45) is 0. The van der Waals surface area contributed by atoms with Crippen LogP contribution >= 0.6 is 31.9 Å². The zero-order chi connectivity index (χ0) is 17.3. The number of benzene rings is 2. The summed E-state index contributed by atoms with van der Waals surface area (Å²) >= 11 is 6.74. The number of methoxy groups -OCH3 is 1. The molecule has 1 heterocycles. The molecule has 1 amide bonds. The molecule has 0 unspecified atom stereocenters. The molecule has 122 valence electrons. The highest BCUT2D eigenvalue weighted by Gasteiger charge is 2.16. The van der Waals surface area contributed by atoms with Gasteiger partial charge in [0.15, 0.2) is 0 Å². The van der Waals surface area contributed by atoms with Crippen molar-refractivity contribution in [2.75, 3.05) is 12.4 Å². The van der Waals surface area contributed by atoms with E-state index in [9.17, 15) is 9.59 Å². The molecule has 0 aliphatic rings. The molecule has 24 heavy (non-hydrogen) atoms. The van der Waals surface area contributed by atoms with E-state index in [0.717, 1.165) is 9.86 Å². The number of anilines is 1. The van der Waals surface area contributed by atoms with E-state index in [1.807, 2.05) is 0 Å². The minimum Gasteiger partial charge on any atom is -0.495 e. The number of hydrogen-bond donors (Lipinski definition) is 1. The number of hydrogen-bond acceptors (Lipinski definition) is 4. The minimum atomic E-state index is -0.414. The quantitative estimate of drug-likeness (QED) is 0.590. The fraction of sp³-hybridized carbons (Fsp3) is 0.0588. The first-order valence-electron chi connectivity index (χ1n) is 6.86. The molecule has 0 aliphatic heterocycles. The number of rotatable bonds is 3. The van der Waals surface area contributed by atoms with Gasteiger partial charge in [-0.05, 0) is 52.3 Å². The first-order valence-corrected chi connectivity index (χ1v) is 8.45. The standard InChI is InChI=1S/C17H11Br2NO4/c1-23-16-12(7-10(18)8-13(16)19)17(22)20-11-3-4-14-9(6-11)2-5-15(21)24-14/h2-8H,1H3,(H,20,22). The Labute approximate surface area is 153 Å². The third-order valence-electron chi connectivity index (χ3n) is 3.33. The largest absolute Gasteiger partial charge is 0.495 e. The molecule has 3 aromatic rings. The van der Waals surface area contributed by atoms with Crippen LogP contribution in [0.15, 0.2) is 60.6 Å². The Kier molecular flexibility index (Phi) is 4.73. The second-order valence-corrected chi connectivity index (χ2v) is 6.70. The van der Waals surface area contributed by atoms with Crippen LogP contribution in [0.5, 0.6) is 5.75 Å². The Bertz CT molecular complexity index is 998. The van der Waals surface area contributed by atoms with Crippen molar-refractivity contribution < 1.29 is 13.9 Å². The lowest BCUT2D eigenvalue weighted by Gasteiger charge is -2.12. The molecular formula is C17H11Br2NO4. The summed E-state index contributed by atoms with van der Waals surface area (Å²) in [4.78, 5) is 23.8. The van der Waals surface area contributed by atoms with E-state index in [-0.39, 0.29) is 5.91 Å². The Morgan fingerprint density at radius 1 is 1.12 bits per heavy atom. The molecular weight excluding hydrogens is 442 g/mol. The van der Waals surface area contributed by atoms with Gasteiger partial charge < -0.3 is 14.5 Å². The van der Waals surface area contributed by atoms with Gasteiger partial charge >= 0.3 is 5.63 Å². The summed E-state index contributed by atoms with van der Waals surface area (Å²) in [6, 6.07) is 11.5. The molecule has 0 aliphatic carbocycles. The van der Waals surface area contributed by atoms with Crippen molar-refractivity contribution in [3.8, 4) is 5.75 Å². The van der Waals surface area contributed by atoms with Crippen LogP contribution in [0.1, 0.15) is 10.4 Å². The average molecular weight is 453 g/mol. The maximum Gasteiger partial charge on any atom is 0.336 e. The van der Waals surface area contributed by atoms with E-state index in [1.54, 1.807) is 36.4 Å². The molecule has 1 aromatic heterocycles. The summed E-state index contributed by atoms with van der Waals surface area (Å²) in [5, 5.41) is 3.53. The zero-order valence-electron chi connectivity index (χ0n) is 12.4. The Morgan fingerprint density at radius 3 is 2.67 bits per heavy atom. The minimum absolute atomic E-state index is 0.314. The van der Waals surface area contributed by atoms with E-state index in [2.05, 4.69) is 37.2 Å². The van der Waals surface area contributed by atoms with Crippen molar-refractivity contribution in [3.05, 3.63) is 67.4 Å². The van der Waals surface area contributed by atoms with Crippen LogP contribution in [-0.2, 0) is 0 Å². The molecule has 5 nitrogen and oxygen atoms in total. The lowest BCUT2D eigenvalue weighted by molar-refractivity contribution is 0.102. The summed E-state index contributed by atoms with van der Waals surface area (Å²) < 4.78 is 11.8. The van der Waals surface area contributed by atoms with Crippen LogP contribution in [0.4, 0.5) is 5.69 Å². The maximum absolute atomic E-state index is 12.6. The van der Waals surface area contributed by atoms with Crippen molar-refractivity contribution in [2.24, 2.45) is 0 Å². The second-order valence-electron chi connectivity index (χ2n) is 4.93. The topological polar surface area (TPSA) is 68.5 Å². The van der Waals surface area contributed by atoms with Gasteiger partial charge in [0.1, 0.15) is 11.3 Å². The molecule has 3 rings (SSSR count). The van der Waals surface area contributed by atoms with E-state index in [1.165, 1.54) is 13.2 Å². The highest BCUT2D eigenvalue weighted by molar-refractivity contribution is 9.11. The molecule has 7 heteroatoms. The van der Waals surface area contributed by atoms with Crippen LogP contribution in [-0.4, -0.2) is 13.0 Å². The number of carbonyl (C=O) groups excluding carboxylic acids is 1. The SMILES string of the molecule is COc1c(Br)cc(Br)cc1C(=O)Nc1ccc2oc(=O)ccc2c1. The molecule has 0 saturated carbocycles. The molecule has 0 atom stereocenters. The smallest absolute Gasteiger partial charge is 0.336 e. The number of nitrogens with one attached hydrogen (secondary N) is 1. The van der Waals surface area contributed by atoms with Gasteiger partial charge in [-0.25, -0.2) is 4.79 Å². The summed E-state index contributed by atoms with van der Waals surface area (Å²) in [7, 11) is 1.50. The zero-order valence-corrected chi connectivity index (χ0v) is 15.6. The number of halogens is 2. The van der Waals surface area contributed by atoms with Gasteiger partial charge in [-0.3, -0.25) is 4.79 Å². The van der Waals surface area contributed by atoms with Crippen LogP contribution in [0.25, 0.3) is 11.0 Å². The Balaban J connectivity index is 1.95. The van der Waals surface area contributed by atoms with Gasteiger partial charge in [-0.2, -0.15) is 0 Å². The first kappa shape index (κ1) is 16.7. The monoisotopic (exact) mass is 451 g/mol. The van der Waals surface area contributed by atoms with Crippen molar-refractivity contribution in [1.29, 1.82) is 0 Å². The fourth-order valence-electron chi connectivity index (χ4n) is 2.28. The van der Waals surface area contributed by atoms with E-state index >= 15 is 0 Å². The van der Waals surface area contributed by atoms with E-state index in [0.29, 0.717) is 27.1 Å². The van der Waals surface area contributed by atoms with Gasteiger partial charge in [0, 0.05) is 21.6 Å². The fourth-order valence-corrected chi connectivity index (χ4v) is 3.67. The average Bonchev–Trinajstić information content (AvgIpc) is 2.54. The molecule has 0 bridgehead atoms. The predicted octanol–water partition coefficient (Wildman–Crippen LogP) is 4.58. The van der Waals surface area contributed by atoms with Gasteiger partial charge in [0.05, 0.1) is 17.1 Å². The Morgan fingerprint density at radius 2 is 1.92 bits per heavy atom. The van der Waals surface area contributed by atoms with Crippen LogP contribution in [0, 0.1) is 0 Å². The van der Waals surface area contributed by atoms with Crippen molar-refractivity contribution in [1.82, 2.24) is 0 Å². The van der Waals surface area contributed by atoms with Crippen LogP contribution in [0.2, 0.25) is 0 Å². The molecule has 2 aromatic carbocycles. The number of ether oxygens (including phenoxy) is 1. The summed E-state index contributed by atoms with van der Waals surface area (Å²) in [6.45, 7) is 0. The summed E-state index contributed by atoms with van der Waals surface area (Å²) in [5.41, 5.74) is 1.02. The molecule has 0 spiro atoms. The van der Waals surface area contributed by atoms with Gasteiger partial charge in [-0.15, -0.1) is 0 Å². The third-order valence-corrected chi connectivity index (χ3v) is 4.38. The first-order chi connectivity index (χ1) is 11.5. The highest BCUT2D eigenvalue weighted by Crippen LogP contribution is 2.33. The lowest BCUT2D eigenvalue weighted by Crippen LogP contribution is -2.13. The van der Waals surface area contributed by atoms with Crippen molar-refractivity contribution in [3.63, 3.8) is 0 Å². The van der Waals surface area contributed by atoms with E-state index in [4.69, 9.17) is 9.15 Å². The second kappa shape index (κ2) is 6.78. The molecule has 0 fully saturated rings. The third kappa shape index (κ3) is 3.37. The normalized spacial score (nSPS) is 10.6. The Hall–Kier alpha value is -2.12. The van der Waals surface area contributed by atoms with E-state index < -0.39 is 5.63 Å². The van der Waals surface area contributed by atoms with Gasteiger partial charge in [0.25, 0.3) is 5.91 Å². The number of carbonyl (C=O) groups is 1. The maximum atomic E-state index is 12.6. The van der Waals surface area contributed by atoms with Crippen molar-refractivity contribution >= 4 is 54.4 Å². The van der Waals surface area contributed by atoms with Gasteiger partial charge in [-0.1, -0.05) is 15.9 Å². The molecule has 0 saturated heterocycles. The molecule has 0 radical (unpaired) electrons. The lowest BCUT2D eigenvalue weighted by atomic mass is 10.1. The predicted molar refractivity (Wildman–Crippen MR) is 98.8 cm³/mol. The number of fused-ring (bicyclic) bond motifs is 1. The van der Waals surface area contributed by atoms with Crippen molar-refractivity contribution in [2.45, 2.75) is 0 Å².